The molecule has 1 fully saturated rings. The average Bonchev–Trinajstić information content (AvgIpc) is 3.08. The molecule has 0 bridgehead atoms. The van der Waals surface area contributed by atoms with Crippen LogP contribution in [0.4, 0.5) is 5.69 Å². The van der Waals surface area contributed by atoms with Crippen LogP contribution >= 0.6 is 0 Å². The van der Waals surface area contributed by atoms with Crippen LogP contribution in [0.1, 0.15) is 51.0 Å². The molecular weight excluding hydrogens is 286 g/mol. The largest absolute Gasteiger partial charge is 0.387 e. The Morgan fingerprint density at radius 2 is 2.00 bits per heavy atom. The fourth-order valence-electron chi connectivity index (χ4n) is 2.78. The first kappa shape index (κ1) is 17.1. The summed E-state index contributed by atoms with van der Waals surface area (Å²) in [5.41, 5.74) is 2.10. The van der Waals surface area contributed by atoms with Crippen LogP contribution in [0.3, 0.4) is 0 Å². The molecule has 0 saturated heterocycles. The highest BCUT2D eigenvalue weighted by atomic mass is 16.1. The molecule has 0 aliphatic heterocycles. The lowest BCUT2D eigenvalue weighted by molar-refractivity contribution is -0.112. The predicted molar refractivity (Wildman–Crippen MR) is 92.8 cm³/mol. The SMILES string of the molecule is CCCCc1ccc(NC(=O)/C(C#N)=C\NC2CCCC2)cc1. The first-order valence-electron chi connectivity index (χ1n) is 8.49. The monoisotopic (exact) mass is 311 g/mol. The molecule has 0 aromatic heterocycles. The van der Waals surface area contributed by atoms with Crippen molar-refractivity contribution in [2.45, 2.75) is 57.9 Å². The fourth-order valence-corrected chi connectivity index (χ4v) is 2.78. The van der Waals surface area contributed by atoms with Gasteiger partial charge in [0.05, 0.1) is 0 Å². The van der Waals surface area contributed by atoms with Gasteiger partial charge in [-0.05, 0) is 43.4 Å². The summed E-state index contributed by atoms with van der Waals surface area (Å²) >= 11 is 0. The predicted octanol–water partition coefficient (Wildman–Crippen LogP) is 3.91. The molecule has 1 saturated carbocycles. The Kier molecular flexibility index (Phi) is 6.68. The summed E-state index contributed by atoms with van der Waals surface area (Å²) in [6.45, 7) is 2.17. The van der Waals surface area contributed by atoms with Gasteiger partial charge >= 0.3 is 0 Å². The zero-order valence-electron chi connectivity index (χ0n) is 13.8. The maximum Gasteiger partial charge on any atom is 0.267 e. The lowest BCUT2D eigenvalue weighted by Gasteiger charge is -2.10. The van der Waals surface area contributed by atoms with Crippen LogP contribution < -0.4 is 10.6 Å². The van der Waals surface area contributed by atoms with Gasteiger partial charge in [-0.15, -0.1) is 0 Å². The number of hydrogen-bond acceptors (Lipinski definition) is 3. The van der Waals surface area contributed by atoms with E-state index in [9.17, 15) is 10.1 Å². The third kappa shape index (κ3) is 5.45. The van der Waals surface area contributed by atoms with E-state index in [1.54, 1.807) is 6.20 Å². The number of nitrogens with one attached hydrogen (secondary N) is 2. The van der Waals surface area contributed by atoms with Crippen molar-refractivity contribution in [3.63, 3.8) is 0 Å². The Morgan fingerprint density at radius 3 is 2.61 bits per heavy atom. The van der Waals surface area contributed by atoms with Crippen LogP contribution in [0.25, 0.3) is 0 Å². The molecule has 4 nitrogen and oxygen atoms in total. The minimum atomic E-state index is -0.362. The zero-order chi connectivity index (χ0) is 16.5. The number of rotatable bonds is 7. The van der Waals surface area contributed by atoms with Crippen molar-refractivity contribution in [1.29, 1.82) is 5.26 Å². The number of carbonyl (C=O) groups excluding carboxylic acids is 1. The third-order valence-corrected chi connectivity index (χ3v) is 4.21. The molecule has 1 aliphatic carbocycles. The number of hydrogen-bond donors (Lipinski definition) is 2. The van der Waals surface area contributed by atoms with Gasteiger partial charge in [0.15, 0.2) is 0 Å². The molecule has 4 heteroatoms. The van der Waals surface area contributed by atoms with Crippen molar-refractivity contribution in [3.05, 3.63) is 41.6 Å². The number of nitriles is 1. The molecule has 0 heterocycles. The maximum atomic E-state index is 12.2. The summed E-state index contributed by atoms with van der Waals surface area (Å²) in [5.74, 6) is -0.362. The smallest absolute Gasteiger partial charge is 0.267 e. The topological polar surface area (TPSA) is 64.9 Å². The Morgan fingerprint density at radius 1 is 1.30 bits per heavy atom. The Bertz CT molecular complexity index is 578. The molecule has 1 aliphatic rings. The van der Waals surface area contributed by atoms with Gasteiger partial charge in [0.2, 0.25) is 0 Å². The first-order valence-corrected chi connectivity index (χ1v) is 8.49. The highest BCUT2D eigenvalue weighted by Gasteiger charge is 2.15. The van der Waals surface area contributed by atoms with E-state index < -0.39 is 0 Å². The van der Waals surface area contributed by atoms with E-state index >= 15 is 0 Å². The molecule has 122 valence electrons. The quantitative estimate of drug-likeness (QED) is 0.593. The summed E-state index contributed by atoms with van der Waals surface area (Å²) in [6.07, 6.45) is 9.59. The summed E-state index contributed by atoms with van der Waals surface area (Å²) in [6, 6.07) is 10.2. The molecule has 23 heavy (non-hydrogen) atoms. The molecule has 0 spiro atoms. The van der Waals surface area contributed by atoms with Gasteiger partial charge in [0.1, 0.15) is 11.6 Å². The van der Waals surface area contributed by atoms with Crippen LogP contribution in [0.5, 0.6) is 0 Å². The zero-order valence-corrected chi connectivity index (χ0v) is 13.8. The van der Waals surface area contributed by atoms with Crippen LogP contribution in [0.15, 0.2) is 36.0 Å². The highest BCUT2D eigenvalue weighted by molar-refractivity contribution is 6.06. The molecule has 2 N–H and O–H groups in total. The van der Waals surface area contributed by atoms with Crippen molar-refractivity contribution in [3.8, 4) is 6.07 Å². The van der Waals surface area contributed by atoms with Gasteiger partial charge < -0.3 is 10.6 Å². The van der Waals surface area contributed by atoms with Gasteiger partial charge in [0.25, 0.3) is 5.91 Å². The molecule has 2 rings (SSSR count). The lowest BCUT2D eigenvalue weighted by atomic mass is 10.1. The van der Waals surface area contributed by atoms with Crippen molar-refractivity contribution in [1.82, 2.24) is 5.32 Å². The second-order valence-electron chi connectivity index (χ2n) is 6.07. The average molecular weight is 311 g/mol. The molecule has 1 amide bonds. The van der Waals surface area contributed by atoms with Crippen molar-refractivity contribution in [2.75, 3.05) is 5.32 Å². The Hall–Kier alpha value is -2.28. The van der Waals surface area contributed by atoms with Crippen molar-refractivity contribution >= 4 is 11.6 Å². The summed E-state index contributed by atoms with van der Waals surface area (Å²) in [7, 11) is 0. The van der Waals surface area contributed by atoms with E-state index in [0.29, 0.717) is 6.04 Å². The van der Waals surface area contributed by atoms with Gasteiger partial charge in [0, 0.05) is 17.9 Å². The van der Waals surface area contributed by atoms with E-state index in [0.717, 1.165) is 24.9 Å². The van der Waals surface area contributed by atoms with E-state index in [1.807, 2.05) is 30.3 Å². The van der Waals surface area contributed by atoms with Crippen molar-refractivity contribution in [2.24, 2.45) is 0 Å². The van der Waals surface area contributed by atoms with Crippen LogP contribution in [0, 0.1) is 11.3 Å². The number of carbonyl (C=O) groups is 1. The van der Waals surface area contributed by atoms with Crippen LogP contribution in [-0.2, 0) is 11.2 Å². The molecule has 0 unspecified atom stereocenters. The van der Waals surface area contributed by atoms with E-state index in [-0.39, 0.29) is 11.5 Å². The molecular formula is C19H25N3O. The first-order chi connectivity index (χ1) is 11.2. The molecule has 1 aromatic carbocycles. The molecule has 0 atom stereocenters. The van der Waals surface area contributed by atoms with E-state index in [1.165, 1.54) is 31.2 Å². The molecule has 0 radical (unpaired) electrons. The normalized spacial score (nSPS) is 15.2. The van der Waals surface area contributed by atoms with Crippen LogP contribution in [0.2, 0.25) is 0 Å². The summed E-state index contributed by atoms with van der Waals surface area (Å²) < 4.78 is 0. The number of benzene rings is 1. The second kappa shape index (κ2) is 8.99. The standard InChI is InChI=1S/C19H25N3O/c1-2-3-6-15-9-11-18(12-10-15)22-19(23)16(13-20)14-21-17-7-4-5-8-17/h9-12,14,17,21H,2-8H2,1H3,(H,22,23)/b16-14-. The van der Waals surface area contributed by atoms with Crippen molar-refractivity contribution < 1.29 is 4.79 Å². The van der Waals surface area contributed by atoms with E-state index in [2.05, 4.69) is 17.6 Å². The third-order valence-electron chi connectivity index (χ3n) is 4.21. The Balaban J connectivity index is 1.90. The Labute approximate surface area is 138 Å². The second-order valence-corrected chi connectivity index (χ2v) is 6.07. The minimum Gasteiger partial charge on any atom is -0.387 e. The number of unbranched alkanes of at least 4 members (excludes halogenated alkanes) is 1. The van der Waals surface area contributed by atoms with Gasteiger partial charge in [-0.2, -0.15) is 5.26 Å². The van der Waals surface area contributed by atoms with Crippen LogP contribution in [-0.4, -0.2) is 11.9 Å². The lowest BCUT2D eigenvalue weighted by Crippen LogP contribution is -2.23. The van der Waals surface area contributed by atoms with Gasteiger partial charge in [-0.25, -0.2) is 0 Å². The highest BCUT2D eigenvalue weighted by Crippen LogP contribution is 2.18. The maximum absolute atomic E-state index is 12.2. The van der Waals surface area contributed by atoms with E-state index in [4.69, 9.17) is 0 Å². The number of aryl methyl sites for hydroxylation is 1. The molecule has 1 aromatic rings. The minimum absolute atomic E-state index is 0.118. The summed E-state index contributed by atoms with van der Waals surface area (Å²) in [5, 5.41) is 15.1. The van der Waals surface area contributed by atoms with Gasteiger partial charge in [-0.1, -0.05) is 38.3 Å². The number of nitrogens with zero attached hydrogens (tertiary/aromatic N) is 1. The summed E-state index contributed by atoms with van der Waals surface area (Å²) in [4.78, 5) is 12.2. The number of anilines is 1. The number of amides is 1. The van der Waals surface area contributed by atoms with Gasteiger partial charge in [-0.3, -0.25) is 4.79 Å². The fraction of sp³-hybridized carbons (Fsp3) is 0.474.